The van der Waals surface area contributed by atoms with E-state index in [4.69, 9.17) is 4.74 Å². The van der Waals surface area contributed by atoms with Crippen molar-refractivity contribution >= 4 is 21.4 Å². The number of aromatic nitrogens is 3. The molecule has 0 saturated carbocycles. The van der Waals surface area contributed by atoms with E-state index in [1.807, 2.05) is 45.2 Å². The number of para-hydroxylation sites is 1. The van der Waals surface area contributed by atoms with Crippen molar-refractivity contribution in [3.05, 3.63) is 41.2 Å². The minimum atomic E-state index is -0.619. The van der Waals surface area contributed by atoms with Crippen molar-refractivity contribution in [2.75, 3.05) is 18.5 Å². The summed E-state index contributed by atoms with van der Waals surface area (Å²) in [5, 5.41) is 18.3. The second-order valence-electron chi connectivity index (χ2n) is 5.58. The second-order valence-corrected chi connectivity index (χ2v) is 6.54. The number of hydrogen-bond acceptors (Lipinski definition) is 6. The summed E-state index contributed by atoms with van der Waals surface area (Å²) in [5.74, 6) is 0.842. The predicted octanol–water partition coefficient (Wildman–Crippen LogP) is 2.57. The minimum absolute atomic E-state index is 0.236. The molecule has 1 aromatic carbocycles. The Hall–Kier alpha value is -2.12. The molecular weight excluding hydrogens is 312 g/mol. The zero-order chi connectivity index (χ0) is 16.4. The third-order valence-electron chi connectivity index (χ3n) is 3.48. The van der Waals surface area contributed by atoms with Gasteiger partial charge in [-0.2, -0.15) is 0 Å². The molecule has 6 nitrogen and oxygen atoms in total. The first-order chi connectivity index (χ1) is 11.0. The SMILES string of the molecule is Cc1cn2nc(NCC(O)COc3c(C)cccc3C)sc2n1. The topological polar surface area (TPSA) is 71.7 Å². The summed E-state index contributed by atoms with van der Waals surface area (Å²) in [6, 6.07) is 6.00. The number of anilines is 1. The van der Waals surface area contributed by atoms with E-state index < -0.39 is 6.10 Å². The van der Waals surface area contributed by atoms with Gasteiger partial charge in [-0.25, -0.2) is 9.50 Å². The first kappa shape index (κ1) is 15.8. The molecule has 0 amide bonds. The van der Waals surface area contributed by atoms with Crippen LogP contribution < -0.4 is 10.1 Å². The monoisotopic (exact) mass is 332 g/mol. The normalized spacial score (nSPS) is 12.5. The molecule has 1 unspecified atom stereocenters. The lowest BCUT2D eigenvalue weighted by Gasteiger charge is -2.15. The van der Waals surface area contributed by atoms with E-state index in [9.17, 15) is 5.11 Å². The highest BCUT2D eigenvalue weighted by Gasteiger charge is 2.11. The summed E-state index contributed by atoms with van der Waals surface area (Å²) >= 11 is 1.46. The van der Waals surface area contributed by atoms with Crippen LogP contribution in [-0.4, -0.2) is 39.0 Å². The van der Waals surface area contributed by atoms with Gasteiger partial charge in [0.05, 0.1) is 11.9 Å². The Balaban J connectivity index is 1.53. The zero-order valence-corrected chi connectivity index (χ0v) is 14.2. The van der Waals surface area contributed by atoms with Crippen LogP contribution in [0.2, 0.25) is 0 Å². The van der Waals surface area contributed by atoms with Crippen LogP contribution in [0.25, 0.3) is 4.96 Å². The molecule has 0 saturated heterocycles. The molecule has 0 aliphatic carbocycles. The van der Waals surface area contributed by atoms with Gasteiger partial charge in [0, 0.05) is 6.54 Å². The maximum Gasteiger partial charge on any atom is 0.214 e. The number of nitrogens with zero attached hydrogens (tertiary/aromatic N) is 3. The van der Waals surface area contributed by atoms with Crippen LogP contribution in [0.4, 0.5) is 5.13 Å². The number of ether oxygens (including phenoxy) is 1. The molecule has 1 atom stereocenters. The molecule has 7 heteroatoms. The van der Waals surface area contributed by atoms with Gasteiger partial charge in [-0.05, 0) is 31.9 Å². The molecule has 3 rings (SSSR count). The van der Waals surface area contributed by atoms with Crippen LogP contribution in [0.1, 0.15) is 16.8 Å². The Bertz CT molecular complexity index is 760. The number of imidazole rings is 1. The van der Waals surface area contributed by atoms with Crippen LogP contribution in [0.15, 0.2) is 24.4 Å². The highest BCUT2D eigenvalue weighted by atomic mass is 32.1. The fourth-order valence-corrected chi connectivity index (χ4v) is 3.18. The predicted molar refractivity (Wildman–Crippen MR) is 91.5 cm³/mol. The fourth-order valence-electron chi connectivity index (χ4n) is 2.35. The Morgan fingerprint density at radius 3 is 2.74 bits per heavy atom. The first-order valence-corrected chi connectivity index (χ1v) is 8.28. The van der Waals surface area contributed by atoms with E-state index in [2.05, 4.69) is 15.4 Å². The Kier molecular flexibility index (Phi) is 4.49. The molecule has 2 N–H and O–H groups in total. The third kappa shape index (κ3) is 3.62. The van der Waals surface area contributed by atoms with E-state index in [1.165, 1.54) is 11.3 Å². The molecule has 0 spiro atoms. The lowest BCUT2D eigenvalue weighted by atomic mass is 10.1. The van der Waals surface area contributed by atoms with Gasteiger partial charge in [0.25, 0.3) is 0 Å². The maximum absolute atomic E-state index is 10.1. The zero-order valence-electron chi connectivity index (χ0n) is 13.4. The second kappa shape index (κ2) is 6.55. The Labute approximate surface area is 138 Å². The number of rotatable bonds is 6. The molecule has 0 fully saturated rings. The van der Waals surface area contributed by atoms with E-state index in [0.717, 1.165) is 32.7 Å². The lowest BCUT2D eigenvalue weighted by molar-refractivity contribution is 0.117. The van der Waals surface area contributed by atoms with E-state index in [1.54, 1.807) is 4.52 Å². The number of aryl methyl sites for hydroxylation is 3. The molecule has 122 valence electrons. The number of aliphatic hydroxyl groups excluding tert-OH is 1. The number of benzene rings is 1. The van der Waals surface area contributed by atoms with Gasteiger partial charge < -0.3 is 15.2 Å². The standard InChI is InChI=1S/C16H20N4O2S/c1-10-5-4-6-11(2)14(10)22-9-13(21)7-17-15-19-20-8-12(3)18-16(20)23-15/h4-6,8,13,21H,7,9H2,1-3H3,(H,17,19). The summed E-state index contributed by atoms with van der Waals surface area (Å²) < 4.78 is 7.49. The molecule has 0 bridgehead atoms. The summed E-state index contributed by atoms with van der Waals surface area (Å²) in [7, 11) is 0. The van der Waals surface area contributed by atoms with E-state index in [-0.39, 0.29) is 6.61 Å². The van der Waals surface area contributed by atoms with Crippen molar-refractivity contribution in [3.63, 3.8) is 0 Å². The summed E-state index contributed by atoms with van der Waals surface area (Å²) in [6.07, 6.45) is 1.25. The minimum Gasteiger partial charge on any atom is -0.490 e. The van der Waals surface area contributed by atoms with Crippen molar-refractivity contribution in [1.82, 2.24) is 14.6 Å². The quantitative estimate of drug-likeness (QED) is 0.726. The molecule has 0 aliphatic heterocycles. The molecule has 0 radical (unpaired) electrons. The summed E-state index contributed by atoms with van der Waals surface area (Å²) in [4.78, 5) is 5.19. The van der Waals surface area contributed by atoms with Crippen molar-refractivity contribution in [2.24, 2.45) is 0 Å². The molecule has 3 aromatic rings. The van der Waals surface area contributed by atoms with Gasteiger partial charge in [-0.3, -0.25) is 0 Å². The molecule has 2 heterocycles. The van der Waals surface area contributed by atoms with Gasteiger partial charge in [0.15, 0.2) is 0 Å². The highest BCUT2D eigenvalue weighted by Crippen LogP contribution is 2.22. The Morgan fingerprint density at radius 2 is 2.04 bits per heavy atom. The summed E-state index contributed by atoms with van der Waals surface area (Å²) in [6.45, 7) is 6.55. The molecule has 2 aromatic heterocycles. The Morgan fingerprint density at radius 1 is 1.30 bits per heavy atom. The number of nitrogens with one attached hydrogen (secondary N) is 1. The van der Waals surface area contributed by atoms with Gasteiger partial charge in [0.2, 0.25) is 10.1 Å². The van der Waals surface area contributed by atoms with Crippen molar-refractivity contribution < 1.29 is 9.84 Å². The number of hydrogen-bond donors (Lipinski definition) is 2. The van der Waals surface area contributed by atoms with Crippen LogP contribution in [-0.2, 0) is 0 Å². The van der Waals surface area contributed by atoms with Crippen molar-refractivity contribution in [3.8, 4) is 5.75 Å². The van der Waals surface area contributed by atoms with Crippen LogP contribution >= 0.6 is 11.3 Å². The van der Waals surface area contributed by atoms with Gasteiger partial charge in [-0.15, -0.1) is 5.10 Å². The van der Waals surface area contributed by atoms with Crippen LogP contribution in [0.5, 0.6) is 5.75 Å². The van der Waals surface area contributed by atoms with Gasteiger partial charge >= 0.3 is 0 Å². The van der Waals surface area contributed by atoms with Crippen LogP contribution in [0.3, 0.4) is 0 Å². The number of fused-ring (bicyclic) bond motifs is 1. The average molecular weight is 332 g/mol. The molecular formula is C16H20N4O2S. The number of aliphatic hydroxyl groups is 1. The van der Waals surface area contributed by atoms with Gasteiger partial charge in [-0.1, -0.05) is 29.5 Å². The smallest absolute Gasteiger partial charge is 0.214 e. The van der Waals surface area contributed by atoms with Gasteiger partial charge in [0.1, 0.15) is 18.5 Å². The largest absolute Gasteiger partial charge is 0.490 e. The third-order valence-corrected chi connectivity index (χ3v) is 4.36. The average Bonchev–Trinajstić information content (AvgIpc) is 3.01. The van der Waals surface area contributed by atoms with Crippen molar-refractivity contribution in [1.29, 1.82) is 0 Å². The van der Waals surface area contributed by atoms with E-state index in [0.29, 0.717) is 6.54 Å². The molecule has 23 heavy (non-hydrogen) atoms. The van der Waals surface area contributed by atoms with Crippen molar-refractivity contribution in [2.45, 2.75) is 26.9 Å². The van der Waals surface area contributed by atoms with Crippen LogP contribution in [0, 0.1) is 20.8 Å². The highest BCUT2D eigenvalue weighted by molar-refractivity contribution is 7.20. The summed E-state index contributed by atoms with van der Waals surface area (Å²) in [5.41, 5.74) is 3.08. The lowest BCUT2D eigenvalue weighted by Crippen LogP contribution is -2.26. The maximum atomic E-state index is 10.1. The first-order valence-electron chi connectivity index (χ1n) is 7.46. The fraction of sp³-hybridized carbons (Fsp3) is 0.375. The molecule has 0 aliphatic rings. The van der Waals surface area contributed by atoms with E-state index >= 15 is 0 Å².